The Morgan fingerprint density at radius 2 is 2.19 bits per heavy atom. The molecule has 0 spiro atoms. The summed E-state index contributed by atoms with van der Waals surface area (Å²) in [6, 6.07) is 5.69. The molecule has 0 bridgehead atoms. The fraction of sp³-hybridized carbons (Fsp3) is 0.385. The second-order valence-corrected chi connectivity index (χ2v) is 7.28. The molecular formula is C13H14ClN3O3S. The highest BCUT2D eigenvalue weighted by molar-refractivity contribution is 8.13. The number of aromatic nitrogens is 3. The van der Waals surface area contributed by atoms with E-state index in [0.717, 1.165) is 29.7 Å². The Bertz CT molecular complexity index is 786. The van der Waals surface area contributed by atoms with Gasteiger partial charge >= 0.3 is 0 Å². The molecule has 1 aromatic heterocycles. The summed E-state index contributed by atoms with van der Waals surface area (Å²) < 4.78 is 30.2. The number of rotatable bonds is 4. The summed E-state index contributed by atoms with van der Waals surface area (Å²) >= 11 is 0. The first-order chi connectivity index (χ1) is 10.0. The summed E-state index contributed by atoms with van der Waals surface area (Å²) in [7, 11) is 1.51. The lowest BCUT2D eigenvalue weighted by Crippen LogP contribution is -2.07. The average Bonchev–Trinajstić information content (AvgIpc) is 3.03. The second kappa shape index (κ2) is 5.31. The Kier molecular flexibility index (Phi) is 3.62. The van der Waals surface area contributed by atoms with Crippen molar-refractivity contribution in [3.63, 3.8) is 0 Å². The van der Waals surface area contributed by atoms with Crippen LogP contribution < -0.4 is 4.74 Å². The highest BCUT2D eigenvalue weighted by Crippen LogP contribution is 2.30. The van der Waals surface area contributed by atoms with E-state index in [2.05, 4.69) is 10.2 Å². The Balaban J connectivity index is 2.12. The van der Waals surface area contributed by atoms with Crippen LogP contribution in [-0.4, -0.2) is 29.8 Å². The third kappa shape index (κ3) is 2.63. The van der Waals surface area contributed by atoms with Gasteiger partial charge in [0.15, 0.2) is 5.82 Å². The van der Waals surface area contributed by atoms with Gasteiger partial charge in [-0.15, -0.1) is 10.2 Å². The van der Waals surface area contributed by atoms with Gasteiger partial charge < -0.3 is 4.74 Å². The highest BCUT2D eigenvalue weighted by atomic mass is 35.7. The minimum absolute atomic E-state index is 0.210. The van der Waals surface area contributed by atoms with Crippen LogP contribution in [0.4, 0.5) is 0 Å². The number of hydrogen-bond donors (Lipinski definition) is 0. The number of halogens is 1. The van der Waals surface area contributed by atoms with E-state index in [1.165, 1.54) is 0 Å². The van der Waals surface area contributed by atoms with Crippen molar-refractivity contribution in [3.05, 3.63) is 23.8 Å². The molecule has 0 atom stereocenters. The van der Waals surface area contributed by atoms with Crippen molar-refractivity contribution >= 4 is 19.7 Å². The van der Waals surface area contributed by atoms with Gasteiger partial charge in [0.1, 0.15) is 5.75 Å². The molecule has 0 N–H and O–H groups in total. The van der Waals surface area contributed by atoms with E-state index in [-0.39, 0.29) is 5.16 Å². The molecule has 0 saturated carbocycles. The first kappa shape index (κ1) is 14.3. The van der Waals surface area contributed by atoms with Gasteiger partial charge in [-0.3, -0.25) is 4.57 Å². The molecule has 6 nitrogen and oxygen atoms in total. The highest BCUT2D eigenvalue weighted by Gasteiger charge is 2.23. The summed E-state index contributed by atoms with van der Waals surface area (Å²) in [5, 5.41) is 7.53. The van der Waals surface area contributed by atoms with Crippen LogP contribution in [-0.2, 0) is 22.0 Å². The SMILES string of the molecule is CCCn1c(-c2ccc3c(c2)CCO3)nnc1S(=O)(=O)Cl. The number of benzene rings is 1. The molecule has 0 unspecified atom stereocenters. The monoisotopic (exact) mass is 327 g/mol. The molecule has 1 aliphatic rings. The lowest BCUT2D eigenvalue weighted by molar-refractivity contribution is 0.357. The largest absolute Gasteiger partial charge is 0.493 e. The second-order valence-electron chi connectivity index (χ2n) is 4.82. The maximum atomic E-state index is 11.6. The van der Waals surface area contributed by atoms with Crippen LogP contribution in [0.3, 0.4) is 0 Å². The van der Waals surface area contributed by atoms with Crippen molar-refractivity contribution in [1.29, 1.82) is 0 Å². The van der Waals surface area contributed by atoms with Gasteiger partial charge in [0.25, 0.3) is 14.2 Å². The maximum Gasteiger partial charge on any atom is 0.296 e. The average molecular weight is 328 g/mol. The van der Waals surface area contributed by atoms with Gasteiger partial charge in [0.05, 0.1) is 6.61 Å². The minimum Gasteiger partial charge on any atom is -0.493 e. The zero-order valence-electron chi connectivity index (χ0n) is 11.4. The van der Waals surface area contributed by atoms with Gasteiger partial charge in [0.2, 0.25) is 0 Å². The van der Waals surface area contributed by atoms with Gasteiger partial charge in [-0.1, -0.05) is 6.92 Å². The number of nitrogens with zero attached hydrogens (tertiary/aromatic N) is 3. The molecule has 8 heteroatoms. The summed E-state index contributed by atoms with van der Waals surface area (Å²) in [5.41, 5.74) is 1.90. The van der Waals surface area contributed by atoms with Gasteiger partial charge in [-0.2, -0.15) is 0 Å². The van der Waals surface area contributed by atoms with Crippen LogP contribution in [0.15, 0.2) is 23.4 Å². The third-order valence-corrected chi connectivity index (χ3v) is 4.48. The van der Waals surface area contributed by atoms with E-state index < -0.39 is 9.05 Å². The van der Waals surface area contributed by atoms with Crippen LogP contribution >= 0.6 is 10.7 Å². The molecule has 3 rings (SSSR count). The summed E-state index contributed by atoms with van der Waals surface area (Å²) in [6.07, 6.45) is 1.59. The number of ether oxygens (including phenoxy) is 1. The van der Waals surface area contributed by atoms with Gasteiger partial charge in [-0.25, -0.2) is 8.42 Å². The Morgan fingerprint density at radius 3 is 2.90 bits per heavy atom. The molecule has 0 saturated heterocycles. The van der Waals surface area contributed by atoms with Gasteiger partial charge in [-0.05, 0) is 30.2 Å². The molecule has 0 radical (unpaired) electrons. The molecular weight excluding hydrogens is 314 g/mol. The van der Waals surface area contributed by atoms with E-state index in [1.807, 2.05) is 25.1 Å². The van der Waals surface area contributed by atoms with Crippen molar-refractivity contribution < 1.29 is 13.2 Å². The van der Waals surface area contributed by atoms with E-state index in [9.17, 15) is 8.42 Å². The molecule has 2 heterocycles. The molecule has 1 aliphatic heterocycles. The van der Waals surface area contributed by atoms with Crippen molar-refractivity contribution in [2.75, 3.05) is 6.61 Å². The lowest BCUT2D eigenvalue weighted by Gasteiger charge is -2.08. The smallest absolute Gasteiger partial charge is 0.296 e. The van der Waals surface area contributed by atoms with E-state index in [0.29, 0.717) is 19.0 Å². The quantitative estimate of drug-likeness (QED) is 0.805. The molecule has 1 aromatic carbocycles. The molecule has 0 amide bonds. The fourth-order valence-electron chi connectivity index (χ4n) is 2.43. The molecule has 0 fully saturated rings. The molecule has 112 valence electrons. The summed E-state index contributed by atoms with van der Waals surface area (Å²) in [5.74, 6) is 1.37. The third-order valence-electron chi connectivity index (χ3n) is 3.33. The van der Waals surface area contributed by atoms with Crippen molar-refractivity contribution in [2.24, 2.45) is 0 Å². The van der Waals surface area contributed by atoms with E-state index in [1.54, 1.807) is 4.57 Å². The molecule has 2 aromatic rings. The van der Waals surface area contributed by atoms with Crippen LogP contribution in [0.25, 0.3) is 11.4 Å². The standard InChI is InChI=1S/C13H14ClN3O3S/c1-2-6-17-12(15-16-13(17)21(14,18)19)10-3-4-11-9(8-10)5-7-20-11/h3-4,8H,2,5-7H2,1H3. The zero-order chi connectivity index (χ0) is 15.0. The van der Waals surface area contributed by atoms with Crippen LogP contribution in [0.1, 0.15) is 18.9 Å². The zero-order valence-corrected chi connectivity index (χ0v) is 13.0. The fourth-order valence-corrected chi connectivity index (χ4v) is 3.36. The number of fused-ring (bicyclic) bond motifs is 1. The maximum absolute atomic E-state index is 11.6. The van der Waals surface area contributed by atoms with Crippen LogP contribution in [0.2, 0.25) is 0 Å². The Labute approximate surface area is 127 Å². The summed E-state index contributed by atoms with van der Waals surface area (Å²) in [6.45, 7) is 3.10. The van der Waals surface area contributed by atoms with Crippen LogP contribution in [0, 0.1) is 0 Å². The van der Waals surface area contributed by atoms with E-state index >= 15 is 0 Å². The topological polar surface area (TPSA) is 74.1 Å². The molecule has 21 heavy (non-hydrogen) atoms. The first-order valence-electron chi connectivity index (χ1n) is 6.64. The normalized spacial score (nSPS) is 14.0. The minimum atomic E-state index is -3.92. The Hall–Kier alpha value is -1.60. The summed E-state index contributed by atoms with van der Waals surface area (Å²) in [4.78, 5) is 0. The predicted molar refractivity (Wildman–Crippen MR) is 78.0 cm³/mol. The van der Waals surface area contributed by atoms with Gasteiger partial charge in [0, 0.05) is 29.2 Å². The first-order valence-corrected chi connectivity index (χ1v) is 8.95. The van der Waals surface area contributed by atoms with Crippen LogP contribution in [0.5, 0.6) is 5.75 Å². The van der Waals surface area contributed by atoms with E-state index in [4.69, 9.17) is 15.4 Å². The van der Waals surface area contributed by atoms with Crippen molar-refractivity contribution in [2.45, 2.75) is 31.5 Å². The number of hydrogen-bond acceptors (Lipinski definition) is 5. The Morgan fingerprint density at radius 1 is 1.38 bits per heavy atom. The lowest BCUT2D eigenvalue weighted by atomic mass is 10.1. The predicted octanol–water partition coefficient (Wildman–Crippen LogP) is 2.22. The molecule has 0 aliphatic carbocycles. The van der Waals surface area contributed by atoms with Crippen molar-refractivity contribution in [1.82, 2.24) is 14.8 Å². The van der Waals surface area contributed by atoms with Crippen molar-refractivity contribution in [3.8, 4) is 17.1 Å².